The molecule has 0 bridgehead atoms. The molecule has 2 N–H and O–H groups in total. The predicted molar refractivity (Wildman–Crippen MR) is 80.2 cm³/mol. The maximum Gasteiger partial charge on any atom is 0.208 e. The topological polar surface area (TPSA) is 58.2 Å². The van der Waals surface area contributed by atoms with Gasteiger partial charge in [-0.3, -0.25) is 0 Å². The highest BCUT2D eigenvalue weighted by atomic mass is 32.2. The first-order chi connectivity index (χ1) is 8.96. The molecule has 1 aliphatic rings. The lowest BCUT2D eigenvalue weighted by atomic mass is 9.99. The van der Waals surface area contributed by atoms with Crippen LogP contribution >= 0.6 is 11.3 Å². The van der Waals surface area contributed by atoms with Gasteiger partial charge in [0.1, 0.15) is 0 Å². The Morgan fingerprint density at radius 1 is 1.32 bits per heavy atom. The monoisotopic (exact) mass is 302 g/mol. The number of fused-ring (bicyclic) bond motifs is 1. The molecule has 0 aliphatic heterocycles. The Bertz CT molecular complexity index is 499. The van der Waals surface area contributed by atoms with Gasteiger partial charge in [-0.15, -0.1) is 11.3 Å². The molecule has 0 saturated heterocycles. The van der Waals surface area contributed by atoms with E-state index in [1.807, 2.05) is 11.3 Å². The second kappa shape index (κ2) is 6.35. The number of aryl methyl sites for hydroxylation is 2. The average molecular weight is 302 g/mol. The number of hydrogen-bond donors (Lipinski definition) is 2. The second-order valence-electron chi connectivity index (χ2n) is 5.15. The Kier molecular flexibility index (Phi) is 5.00. The highest BCUT2D eigenvalue weighted by molar-refractivity contribution is 7.88. The van der Waals surface area contributed by atoms with Gasteiger partial charge in [-0.05, 0) is 44.2 Å². The second-order valence-corrected chi connectivity index (χ2v) is 8.15. The quantitative estimate of drug-likeness (QED) is 0.788. The standard InChI is InChI=1S/C13H22N2O2S2/c1-10(14-7-8-15-19(2,16)17)13-9-11-5-3-4-6-12(11)18-13/h9-10,14-15H,3-8H2,1-2H3. The molecule has 2 rings (SSSR count). The fourth-order valence-electron chi connectivity index (χ4n) is 2.35. The van der Waals surface area contributed by atoms with Crippen LogP contribution in [-0.2, 0) is 22.9 Å². The number of nitrogens with one attached hydrogen (secondary N) is 2. The molecule has 0 spiro atoms. The lowest BCUT2D eigenvalue weighted by Crippen LogP contribution is -2.32. The summed E-state index contributed by atoms with van der Waals surface area (Å²) in [7, 11) is -3.08. The molecule has 0 fully saturated rings. The van der Waals surface area contributed by atoms with Crippen molar-refractivity contribution in [3.05, 3.63) is 21.4 Å². The minimum absolute atomic E-state index is 0.289. The molecule has 0 saturated carbocycles. The smallest absolute Gasteiger partial charge is 0.208 e. The number of rotatable bonds is 6. The summed E-state index contributed by atoms with van der Waals surface area (Å²) in [6.07, 6.45) is 6.25. The van der Waals surface area contributed by atoms with Crippen molar-refractivity contribution in [1.82, 2.24) is 10.0 Å². The molecule has 108 valence electrons. The molecule has 1 unspecified atom stereocenters. The lowest BCUT2D eigenvalue weighted by molar-refractivity contribution is 0.560. The Morgan fingerprint density at radius 3 is 2.74 bits per heavy atom. The van der Waals surface area contributed by atoms with Gasteiger partial charge < -0.3 is 5.32 Å². The van der Waals surface area contributed by atoms with E-state index in [4.69, 9.17) is 0 Å². The van der Waals surface area contributed by atoms with Crippen LogP contribution in [0.1, 0.15) is 41.1 Å². The van der Waals surface area contributed by atoms with Crippen LogP contribution in [0.25, 0.3) is 0 Å². The highest BCUT2D eigenvalue weighted by Gasteiger charge is 2.16. The SMILES string of the molecule is CC(NCCNS(C)(=O)=O)c1cc2c(s1)CCCC2. The molecule has 1 aromatic heterocycles. The molecule has 1 aliphatic carbocycles. The normalized spacial score (nSPS) is 17.2. The summed E-state index contributed by atoms with van der Waals surface area (Å²) < 4.78 is 24.4. The van der Waals surface area contributed by atoms with Crippen LogP contribution in [0.5, 0.6) is 0 Å². The maximum atomic E-state index is 10.9. The Balaban J connectivity index is 1.83. The van der Waals surface area contributed by atoms with Gasteiger partial charge in [-0.2, -0.15) is 0 Å². The van der Waals surface area contributed by atoms with Gasteiger partial charge in [-0.25, -0.2) is 13.1 Å². The van der Waals surface area contributed by atoms with E-state index in [0.29, 0.717) is 13.1 Å². The molecule has 1 aromatic rings. The first-order valence-corrected chi connectivity index (χ1v) is 9.46. The average Bonchev–Trinajstić information content (AvgIpc) is 2.77. The van der Waals surface area contributed by atoms with Crippen LogP contribution in [0, 0.1) is 0 Å². The summed E-state index contributed by atoms with van der Waals surface area (Å²) in [6.45, 7) is 3.22. The Morgan fingerprint density at radius 2 is 2.05 bits per heavy atom. The van der Waals surface area contributed by atoms with Gasteiger partial charge >= 0.3 is 0 Å². The van der Waals surface area contributed by atoms with Crippen molar-refractivity contribution in [2.24, 2.45) is 0 Å². The molecule has 0 aromatic carbocycles. The summed E-state index contributed by atoms with van der Waals surface area (Å²) in [5.41, 5.74) is 1.52. The van der Waals surface area contributed by atoms with Gasteiger partial charge in [0, 0.05) is 28.9 Å². The van der Waals surface area contributed by atoms with E-state index >= 15 is 0 Å². The van der Waals surface area contributed by atoms with Gasteiger partial charge in [-0.1, -0.05) is 0 Å². The highest BCUT2D eigenvalue weighted by Crippen LogP contribution is 2.32. The third-order valence-corrected chi connectivity index (χ3v) is 5.53. The van der Waals surface area contributed by atoms with E-state index in [9.17, 15) is 8.42 Å². The van der Waals surface area contributed by atoms with Crippen molar-refractivity contribution < 1.29 is 8.42 Å². The molecule has 0 amide bonds. The Hall–Kier alpha value is -0.430. The van der Waals surface area contributed by atoms with Crippen molar-refractivity contribution >= 4 is 21.4 Å². The van der Waals surface area contributed by atoms with E-state index in [0.717, 1.165) is 0 Å². The van der Waals surface area contributed by atoms with Crippen molar-refractivity contribution in [2.45, 2.75) is 38.6 Å². The molecule has 4 nitrogen and oxygen atoms in total. The third kappa shape index (κ3) is 4.56. The van der Waals surface area contributed by atoms with Crippen molar-refractivity contribution in [3.63, 3.8) is 0 Å². The minimum Gasteiger partial charge on any atom is -0.308 e. The van der Waals surface area contributed by atoms with Gasteiger partial charge in [0.25, 0.3) is 0 Å². The largest absolute Gasteiger partial charge is 0.308 e. The number of sulfonamides is 1. The molecule has 1 heterocycles. The van der Waals surface area contributed by atoms with E-state index in [1.54, 1.807) is 4.88 Å². The zero-order valence-electron chi connectivity index (χ0n) is 11.5. The van der Waals surface area contributed by atoms with Crippen LogP contribution in [0.4, 0.5) is 0 Å². The number of hydrogen-bond acceptors (Lipinski definition) is 4. The van der Waals surface area contributed by atoms with Crippen LogP contribution in [0.3, 0.4) is 0 Å². The zero-order chi connectivity index (χ0) is 13.9. The summed E-state index contributed by atoms with van der Waals surface area (Å²) in [5.74, 6) is 0. The summed E-state index contributed by atoms with van der Waals surface area (Å²) in [5, 5.41) is 3.36. The van der Waals surface area contributed by atoms with Crippen LogP contribution in [-0.4, -0.2) is 27.8 Å². The predicted octanol–water partition coefficient (Wildman–Crippen LogP) is 1.83. The fourth-order valence-corrected chi connectivity index (χ4v) is 4.11. The fraction of sp³-hybridized carbons (Fsp3) is 0.692. The van der Waals surface area contributed by atoms with E-state index in [-0.39, 0.29) is 6.04 Å². The summed E-state index contributed by atoms with van der Waals surface area (Å²) in [4.78, 5) is 2.91. The van der Waals surface area contributed by atoms with E-state index < -0.39 is 10.0 Å². The van der Waals surface area contributed by atoms with Gasteiger partial charge in [0.2, 0.25) is 10.0 Å². The summed E-state index contributed by atoms with van der Waals surface area (Å²) in [6, 6.07) is 2.61. The first kappa shape index (κ1) is 15.0. The van der Waals surface area contributed by atoms with Crippen LogP contribution < -0.4 is 10.0 Å². The summed E-state index contributed by atoms with van der Waals surface area (Å²) >= 11 is 1.91. The van der Waals surface area contributed by atoms with Crippen LogP contribution in [0.2, 0.25) is 0 Å². The maximum absolute atomic E-state index is 10.9. The van der Waals surface area contributed by atoms with E-state index in [1.165, 1.54) is 42.4 Å². The minimum atomic E-state index is -3.08. The first-order valence-electron chi connectivity index (χ1n) is 6.75. The Labute approximate surface area is 119 Å². The molecule has 1 atom stereocenters. The van der Waals surface area contributed by atoms with Gasteiger partial charge in [0.15, 0.2) is 0 Å². The molecular weight excluding hydrogens is 280 g/mol. The zero-order valence-corrected chi connectivity index (χ0v) is 13.2. The van der Waals surface area contributed by atoms with Crippen molar-refractivity contribution in [1.29, 1.82) is 0 Å². The van der Waals surface area contributed by atoms with Gasteiger partial charge in [0.05, 0.1) is 6.26 Å². The number of thiophene rings is 1. The van der Waals surface area contributed by atoms with Crippen LogP contribution in [0.15, 0.2) is 6.07 Å². The van der Waals surface area contributed by atoms with Crippen molar-refractivity contribution in [3.8, 4) is 0 Å². The molecular formula is C13H22N2O2S2. The lowest BCUT2D eigenvalue weighted by Gasteiger charge is -2.11. The molecule has 0 radical (unpaired) electrons. The molecule has 6 heteroatoms. The van der Waals surface area contributed by atoms with Crippen molar-refractivity contribution in [2.75, 3.05) is 19.3 Å². The van der Waals surface area contributed by atoms with E-state index in [2.05, 4.69) is 23.0 Å². The third-order valence-electron chi connectivity index (χ3n) is 3.38. The molecule has 19 heavy (non-hydrogen) atoms.